The maximum absolute atomic E-state index is 13.6. The van der Waals surface area contributed by atoms with Crippen molar-refractivity contribution in [1.29, 1.82) is 0 Å². The minimum atomic E-state index is -4.85. The van der Waals surface area contributed by atoms with E-state index in [0.717, 1.165) is 26.2 Å². The molecule has 3 aromatic rings. The minimum absolute atomic E-state index is 0.0546. The summed E-state index contributed by atoms with van der Waals surface area (Å²) in [5.41, 5.74) is 2.14. The molecule has 6 nitrogen and oxygen atoms in total. The zero-order chi connectivity index (χ0) is 29.9. The van der Waals surface area contributed by atoms with Crippen LogP contribution in [0.4, 0.5) is 36.4 Å². The Balaban J connectivity index is 1.49. The quantitative estimate of drug-likeness (QED) is 0.290. The van der Waals surface area contributed by atoms with E-state index in [1.54, 1.807) is 24.3 Å². The zero-order valence-corrected chi connectivity index (χ0v) is 22.2. The molecule has 0 amide bonds. The van der Waals surface area contributed by atoms with Gasteiger partial charge in [0.05, 0.1) is 11.7 Å². The lowest BCUT2D eigenvalue weighted by atomic mass is 9.98. The molecule has 0 aliphatic carbocycles. The number of hydrogen-bond donors (Lipinski definition) is 1. The fourth-order valence-electron chi connectivity index (χ4n) is 5.13. The molecule has 1 atom stereocenters. The molecule has 0 aromatic heterocycles. The van der Waals surface area contributed by atoms with Crippen molar-refractivity contribution < 1.29 is 44.9 Å². The molecule has 0 saturated carbocycles. The number of halogens is 7. The summed E-state index contributed by atoms with van der Waals surface area (Å²) in [5, 5.41) is 3.30. The van der Waals surface area contributed by atoms with Gasteiger partial charge in [-0.3, -0.25) is 4.90 Å². The number of rotatable bonds is 9. The van der Waals surface area contributed by atoms with E-state index in [1.165, 1.54) is 36.4 Å². The predicted molar refractivity (Wildman–Crippen MR) is 141 cm³/mol. The van der Waals surface area contributed by atoms with Crippen molar-refractivity contribution >= 4 is 5.69 Å². The van der Waals surface area contributed by atoms with Gasteiger partial charge in [-0.1, -0.05) is 36.4 Å². The van der Waals surface area contributed by atoms with Gasteiger partial charge in [0.2, 0.25) is 0 Å². The van der Waals surface area contributed by atoms with E-state index in [1.807, 2.05) is 11.0 Å². The third-order valence-corrected chi connectivity index (χ3v) is 7.06. The second kappa shape index (κ2) is 12.3. The number of hydrogen-bond acceptors (Lipinski definition) is 6. The zero-order valence-electron chi connectivity index (χ0n) is 22.2. The van der Waals surface area contributed by atoms with Crippen molar-refractivity contribution in [2.75, 3.05) is 50.8 Å². The van der Waals surface area contributed by atoms with Gasteiger partial charge in [0.25, 0.3) is 0 Å². The van der Waals surface area contributed by atoms with Crippen LogP contribution >= 0.6 is 0 Å². The SMILES string of the molecule is FC(F)C(F)(F)Oc1cccc(C2COc3c(-c4cccc(OC(F)(F)F)c4)cccc3N2CCN2CCNCC2)c1. The summed E-state index contributed by atoms with van der Waals surface area (Å²) in [5.74, 6) is -0.352. The van der Waals surface area contributed by atoms with Crippen molar-refractivity contribution in [3.05, 3.63) is 72.3 Å². The monoisotopic (exact) mass is 599 g/mol. The second-order valence-corrected chi connectivity index (χ2v) is 9.88. The number of piperazine rings is 1. The van der Waals surface area contributed by atoms with Gasteiger partial charge in [-0.2, -0.15) is 17.6 Å². The molecular formula is C29H28F7N3O3. The van der Waals surface area contributed by atoms with Crippen LogP contribution in [0.15, 0.2) is 66.7 Å². The van der Waals surface area contributed by atoms with Gasteiger partial charge in [-0.15, -0.1) is 13.2 Å². The predicted octanol–water partition coefficient (Wildman–Crippen LogP) is 6.33. The van der Waals surface area contributed by atoms with E-state index < -0.39 is 30.7 Å². The molecule has 1 saturated heterocycles. The molecule has 2 aliphatic heterocycles. The van der Waals surface area contributed by atoms with Crippen LogP contribution in [0.3, 0.4) is 0 Å². The highest BCUT2D eigenvalue weighted by Crippen LogP contribution is 2.46. The molecule has 0 bridgehead atoms. The molecule has 226 valence electrons. The van der Waals surface area contributed by atoms with Gasteiger partial charge in [0.1, 0.15) is 18.1 Å². The minimum Gasteiger partial charge on any atom is -0.488 e. The first kappa shape index (κ1) is 29.8. The van der Waals surface area contributed by atoms with E-state index in [0.29, 0.717) is 41.2 Å². The lowest BCUT2D eigenvalue weighted by Crippen LogP contribution is -2.47. The van der Waals surface area contributed by atoms with E-state index in [9.17, 15) is 30.7 Å². The van der Waals surface area contributed by atoms with Crippen LogP contribution in [0.5, 0.6) is 17.2 Å². The van der Waals surface area contributed by atoms with Gasteiger partial charge in [-0.25, -0.2) is 0 Å². The van der Waals surface area contributed by atoms with E-state index in [4.69, 9.17) is 4.74 Å². The standard InChI is InChI=1S/C29H28F7N3O3/c30-27(31)28(32,33)41-21-6-2-5-20(17-21)25-18-40-26-23(19-4-1-7-22(16-19)42-29(34,35)36)8-3-9-24(26)39(25)15-14-38-12-10-37-11-13-38/h1-9,16-17,25,27,37H,10-15,18H2. The van der Waals surface area contributed by atoms with E-state index in [2.05, 4.69) is 19.7 Å². The van der Waals surface area contributed by atoms with Gasteiger partial charge >= 0.3 is 18.9 Å². The molecule has 1 N–H and O–H groups in total. The molecule has 2 aliphatic rings. The first-order valence-corrected chi connectivity index (χ1v) is 13.3. The summed E-state index contributed by atoms with van der Waals surface area (Å²) < 4.78 is 106. The number of alkyl halides is 7. The second-order valence-electron chi connectivity index (χ2n) is 9.88. The average Bonchev–Trinajstić information content (AvgIpc) is 2.95. The average molecular weight is 600 g/mol. The fourth-order valence-corrected chi connectivity index (χ4v) is 5.13. The van der Waals surface area contributed by atoms with Crippen molar-refractivity contribution in [3.8, 4) is 28.4 Å². The third kappa shape index (κ3) is 7.01. The highest BCUT2D eigenvalue weighted by molar-refractivity contribution is 5.80. The highest BCUT2D eigenvalue weighted by atomic mass is 19.4. The Morgan fingerprint density at radius 2 is 1.55 bits per heavy atom. The number of para-hydroxylation sites is 1. The van der Waals surface area contributed by atoms with Crippen LogP contribution < -0.4 is 24.4 Å². The summed E-state index contributed by atoms with van der Waals surface area (Å²) in [6, 6.07) is 15.9. The number of nitrogens with one attached hydrogen (secondary N) is 1. The Hall–Kier alpha value is -3.71. The first-order chi connectivity index (χ1) is 20.0. The maximum Gasteiger partial charge on any atom is 0.573 e. The highest BCUT2D eigenvalue weighted by Gasteiger charge is 2.44. The van der Waals surface area contributed by atoms with Crippen molar-refractivity contribution in [2.45, 2.75) is 24.9 Å². The molecule has 42 heavy (non-hydrogen) atoms. The first-order valence-electron chi connectivity index (χ1n) is 13.3. The van der Waals surface area contributed by atoms with Gasteiger partial charge in [-0.05, 0) is 41.5 Å². The van der Waals surface area contributed by atoms with Crippen LogP contribution in [0, 0.1) is 0 Å². The van der Waals surface area contributed by atoms with Crippen molar-refractivity contribution in [2.24, 2.45) is 0 Å². The molecule has 1 unspecified atom stereocenters. The molecule has 2 heterocycles. The summed E-state index contributed by atoms with van der Waals surface area (Å²) >= 11 is 0. The van der Waals surface area contributed by atoms with Gasteiger partial charge in [0, 0.05) is 44.8 Å². The molecular weight excluding hydrogens is 571 g/mol. The summed E-state index contributed by atoms with van der Waals surface area (Å²) in [6.45, 7) is 4.55. The lowest BCUT2D eigenvalue weighted by Gasteiger charge is -2.41. The number of anilines is 1. The Morgan fingerprint density at radius 3 is 2.26 bits per heavy atom. The number of fused-ring (bicyclic) bond motifs is 1. The normalized spacial score (nSPS) is 18.0. The van der Waals surface area contributed by atoms with Crippen LogP contribution in [0.25, 0.3) is 11.1 Å². The van der Waals surface area contributed by atoms with E-state index in [-0.39, 0.29) is 12.4 Å². The smallest absolute Gasteiger partial charge is 0.488 e. The molecule has 13 heteroatoms. The summed E-state index contributed by atoms with van der Waals surface area (Å²) in [6.07, 6.45) is -13.5. The van der Waals surface area contributed by atoms with Crippen LogP contribution in [0.1, 0.15) is 11.6 Å². The molecule has 5 rings (SSSR count). The largest absolute Gasteiger partial charge is 0.573 e. The van der Waals surface area contributed by atoms with E-state index >= 15 is 0 Å². The third-order valence-electron chi connectivity index (χ3n) is 7.06. The molecule has 1 fully saturated rings. The Kier molecular flexibility index (Phi) is 8.69. The maximum atomic E-state index is 13.6. The van der Waals surface area contributed by atoms with Crippen molar-refractivity contribution in [3.63, 3.8) is 0 Å². The van der Waals surface area contributed by atoms with Gasteiger partial charge in [0.15, 0.2) is 5.75 Å². The van der Waals surface area contributed by atoms with Crippen molar-refractivity contribution in [1.82, 2.24) is 10.2 Å². The topological polar surface area (TPSA) is 46.2 Å². The lowest BCUT2D eigenvalue weighted by molar-refractivity contribution is -0.274. The molecule has 0 radical (unpaired) electrons. The molecule has 3 aromatic carbocycles. The summed E-state index contributed by atoms with van der Waals surface area (Å²) in [4.78, 5) is 4.30. The van der Waals surface area contributed by atoms with Crippen LogP contribution in [-0.2, 0) is 0 Å². The van der Waals surface area contributed by atoms with Gasteiger partial charge < -0.3 is 24.4 Å². The Morgan fingerprint density at radius 1 is 0.857 bits per heavy atom. The molecule has 0 spiro atoms. The number of nitrogens with zero attached hydrogens (tertiary/aromatic N) is 2. The van der Waals surface area contributed by atoms with Crippen LogP contribution in [-0.4, -0.2) is 69.7 Å². The Bertz CT molecular complexity index is 1370. The number of benzene rings is 3. The summed E-state index contributed by atoms with van der Waals surface area (Å²) in [7, 11) is 0. The van der Waals surface area contributed by atoms with Crippen LogP contribution in [0.2, 0.25) is 0 Å². The fraction of sp³-hybridized carbons (Fsp3) is 0.379. The Labute approximate surface area is 237 Å². The number of ether oxygens (including phenoxy) is 3.